The van der Waals surface area contributed by atoms with Crippen LogP contribution in [0.4, 0.5) is 26.3 Å². The third-order valence-electron chi connectivity index (χ3n) is 5.36. The summed E-state index contributed by atoms with van der Waals surface area (Å²) in [5, 5.41) is 13.6. The van der Waals surface area contributed by atoms with Crippen LogP contribution in [-0.2, 0) is 29.3 Å². The molecule has 1 saturated heterocycles. The quantitative estimate of drug-likeness (QED) is 0.678. The average Bonchev–Trinajstić information content (AvgIpc) is 2.96. The van der Waals surface area contributed by atoms with Gasteiger partial charge < -0.3 is 10.0 Å². The summed E-state index contributed by atoms with van der Waals surface area (Å²) in [5.74, 6) is -0.540. The lowest BCUT2D eigenvalue weighted by atomic mass is 9.83. The summed E-state index contributed by atoms with van der Waals surface area (Å²) >= 11 is 5.68. The van der Waals surface area contributed by atoms with Gasteiger partial charge in [0.25, 0.3) is 0 Å². The first-order chi connectivity index (χ1) is 14.2. The van der Waals surface area contributed by atoms with Crippen LogP contribution >= 0.6 is 11.6 Å². The normalized spacial score (nSPS) is 17.1. The number of aromatic nitrogens is 2. The summed E-state index contributed by atoms with van der Waals surface area (Å²) in [4.78, 5) is 13.9. The molecule has 1 aliphatic heterocycles. The van der Waals surface area contributed by atoms with Gasteiger partial charge in [0, 0.05) is 13.1 Å². The predicted molar refractivity (Wildman–Crippen MR) is 98.1 cm³/mol. The molecule has 0 radical (unpaired) electrons. The maximum absolute atomic E-state index is 12.9. The number of alkyl halides is 6. The SMILES string of the molecule is Cc1c(Cl)c(C(F)(F)F)nn1CC(=O)N1CCC(O)(c2cccc(C(F)(F)F)c2)CC1. The number of carbonyl (C=O) groups excluding carboxylic acids is 1. The Morgan fingerprint density at radius 3 is 2.29 bits per heavy atom. The zero-order valence-electron chi connectivity index (χ0n) is 16.2. The summed E-state index contributed by atoms with van der Waals surface area (Å²) in [6.07, 6.45) is -9.36. The van der Waals surface area contributed by atoms with Gasteiger partial charge in [0.1, 0.15) is 6.54 Å². The van der Waals surface area contributed by atoms with Crippen molar-refractivity contribution in [2.45, 2.75) is 44.3 Å². The molecule has 1 fully saturated rings. The predicted octanol–water partition coefficient (Wildman–Crippen LogP) is 4.39. The van der Waals surface area contributed by atoms with Crippen LogP contribution in [0.2, 0.25) is 5.02 Å². The third kappa shape index (κ3) is 4.82. The van der Waals surface area contributed by atoms with Crippen molar-refractivity contribution >= 4 is 17.5 Å². The molecule has 1 aromatic carbocycles. The number of piperidine rings is 1. The molecule has 0 unspecified atom stereocenters. The van der Waals surface area contributed by atoms with Crippen LogP contribution in [0.3, 0.4) is 0 Å². The zero-order valence-corrected chi connectivity index (χ0v) is 16.9. The lowest BCUT2D eigenvalue weighted by Crippen LogP contribution is -2.46. The fourth-order valence-electron chi connectivity index (χ4n) is 3.49. The van der Waals surface area contributed by atoms with Crippen LogP contribution in [0.5, 0.6) is 0 Å². The highest BCUT2D eigenvalue weighted by Gasteiger charge is 2.40. The van der Waals surface area contributed by atoms with Crippen molar-refractivity contribution in [2.24, 2.45) is 0 Å². The maximum atomic E-state index is 12.9. The van der Waals surface area contributed by atoms with Gasteiger partial charge in [-0.25, -0.2) is 0 Å². The summed E-state index contributed by atoms with van der Waals surface area (Å²) in [6.45, 7) is 0.863. The van der Waals surface area contributed by atoms with Crippen molar-refractivity contribution in [3.05, 3.63) is 51.8 Å². The van der Waals surface area contributed by atoms with E-state index >= 15 is 0 Å². The van der Waals surface area contributed by atoms with E-state index in [9.17, 15) is 36.2 Å². The number of hydrogen-bond acceptors (Lipinski definition) is 3. The van der Waals surface area contributed by atoms with Gasteiger partial charge in [-0.15, -0.1) is 0 Å². The van der Waals surface area contributed by atoms with Crippen LogP contribution < -0.4 is 0 Å². The number of hydrogen-bond donors (Lipinski definition) is 1. The molecule has 1 N–H and O–H groups in total. The second-order valence-electron chi connectivity index (χ2n) is 7.39. The van der Waals surface area contributed by atoms with Crippen LogP contribution in [-0.4, -0.2) is 38.8 Å². The third-order valence-corrected chi connectivity index (χ3v) is 5.81. The molecule has 5 nitrogen and oxygen atoms in total. The largest absolute Gasteiger partial charge is 0.436 e. The van der Waals surface area contributed by atoms with E-state index in [2.05, 4.69) is 5.10 Å². The molecule has 0 atom stereocenters. The fraction of sp³-hybridized carbons (Fsp3) is 0.474. The summed E-state index contributed by atoms with van der Waals surface area (Å²) < 4.78 is 78.5. The van der Waals surface area contributed by atoms with E-state index < -0.39 is 46.7 Å². The van der Waals surface area contributed by atoms with E-state index in [1.165, 1.54) is 24.0 Å². The lowest BCUT2D eigenvalue weighted by Gasteiger charge is -2.38. The van der Waals surface area contributed by atoms with Crippen molar-refractivity contribution in [3.8, 4) is 0 Å². The topological polar surface area (TPSA) is 58.4 Å². The molecule has 0 saturated carbocycles. The van der Waals surface area contributed by atoms with E-state index in [1.807, 2.05) is 0 Å². The number of amides is 1. The summed E-state index contributed by atoms with van der Waals surface area (Å²) in [5.41, 5.74) is -3.63. The van der Waals surface area contributed by atoms with Crippen molar-refractivity contribution in [2.75, 3.05) is 13.1 Å². The Labute approximate surface area is 178 Å². The van der Waals surface area contributed by atoms with Gasteiger partial charge in [-0.1, -0.05) is 23.7 Å². The van der Waals surface area contributed by atoms with Crippen molar-refractivity contribution in [3.63, 3.8) is 0 Å². The van der Waals surface area contributed by atoms with Crippen LogP contribution in [0, 0.1) is 6.92 Å². The van der Waals surface area contributed by atoms with E-state index in [-0.39, 0.29) is 37.2 Å². The smallest absolute Gasteiger partial charge is 0.385 e. The van der Waals surface area contributed by atoms with Crippen LogP contribution in [0.25, 0.3) is 0 Å². The minimum atomic E-state index is -4.76. The van der Waals surface area contributed by atoms with E-state index in [1.54, 1.807) is 0 Å². The number of nitrogens with zero attached hydrogens (tertiary/aromatic N) is 3. The number of rotatable bonds is 3. The fourth-order valence-corrected chi connectivity index (χ4v) is 3.73. The maximum Gasteiger partial charge on any atom is 0.436 e. The summed E-state index contributed by atoms with van der Waals surface area (Å²) in [7, 11) is 0. The van der Waals surface area contributed by atoms with Gasteiger partial charge in [-0.05, 0) is 37.5 Å². The molecule has 0 aliphatic carbocycles. The van der Waals surface area contributed by atoms with E-state index in [4.69, 9.17) is 11.6 Å². The zero-order chi connectivity index (χ0) is 23.2. The molecule has 0 bridgehead atoms. The number of benzene rings is 1. The van der Waals surface area contributed by atoms with E-state index in [0.717, 1.165) is 16.8 Å². The first kappa shape index (κ1) is 23.4. The lowest BCUT2D eigenvalue weighted by molar-refractivity contribution is -0.142. The highest BCUT2D eigenvalue weighted by atomic mass is 35.5. The molecule has 170 valence electrons. The second kappa shape index (κ2) is 8.01. The minimum Gasteiger partial charge on any atom is -0.385 e. The molecular formula is C19H18ClF6N3O2. The van der Waals surface area contributed by atoms with Crippen molar-refractivity contribution < 1.29 is 36.2 Å². The van der Waals surface area contributed by atoms with Gasteiger partial charge in [0.2, 0.25) is 5.91 Å². The molecule has 0 spiro atoms. The molecule has 1 aliphatic rings. The molecule has 1 amide bonds. The highest BCUT2D eigenvalue weighted by molar-refractivity contribution is 6.32. The number of aliphatic hydroxyl groups is 1. The van der Waals surface area contributed by atoms with Gasteiger partial charge in [0.05, 0.1) is 21.9 Å². The first-order valence-corrected chi connectivity index (χ1v) is 9.58. The van der Waals surface area contributed by atoms with Gasteiger partial charge >= 0.3 is 12.4 Å². The molecule has 31 heavy (non-hydrogen) atoms. The molecule has 2 heterocycles. The average molecular weight is 470 g/mol. The Kier molecular flexibility index (Phi) is 6.05. The Balaban J connectivity index is 1.69. The molecular weight excluding hydrogens is 452 g/mol. The van der Waals surface area contributed by atoms with Gasteiger partial charge in [0.15, 0.2) is 5.69 Å². The molecule has 1 aromatic heterocycles. The second-order valence-corrected chi connectivity index (χ2v) is 7.77. The monoisotopic (exact) mass is 469 g/mol. The number of halogens is 7. The summed E-state index contributed by atoms with van der Waals surface area (Å²) in [6, 6.07) is 4.38. The molecule has 12 heteroatoms. The Bertz CT molecular complexity index is 978. The highest BCUT2D eigenvalue weighted by Crippen LogP contribution is 2.37. The van der Waals surface area contributed by atoms with Gasteiger partial charge in [-0.2, -0.15) is 31.4 Å². The Hall–Kier alpha value is -2.27. The number of carbonyl (C=O) groups is 1. The van der Waals surface area contributed by atoms with Crippen LogP contribution in [0.1, 0.15) is 35.4 Å². The van der Waals surface area contributed by atoms with Gasteiger partial charge in [-0.3, -0.25) is 9.48 Å². The Morgan fingerprint density at radius 2 is 1.77 bits per heavy atom. The van der Waals surface area contributed by atoms with Crippen molar-refractivity contribution in [1.29, 1.82) is 0 Å². The van der Waals surface area contributed by atoms with Crippen LogP contribution in [0.15, 0.2) is 24.3 Å². The molecule has 2 aromatic rings. The first-order valence-electron chi connectivity index (χ1n) is 9.20. The minimum absolute atomic E-state index is 0.0141. The van der Waals surface area contributed by atoms with E-state index in [0.29, 0.717) is 0 Å². The van der Waals surface area contributed by atoms with Crippen molar-refractivity contribution in [1.82, 2.24) is 14.7 Å². The Morgan fingerprint density at radius 1 is 1.16 bits per heavy atom. The number of likely N-dealkylation sites (tertiary alicyclic amines) is 1. The standard InChI is InChI=1S/C19H18ClF6N3O2/c1-11-15(20)16(19(24,25)26)27-29(11)10-14(30)28-7-5-17(31,6-8-28)12-3-2-4-13(9-12)18(21,22)23/h2-4,9,31H,5-8,10H2,1H3. The molecule has 3 rings (SSSR count).